The van der Waals surface area contributed by atoms with Crippen molar-refractivity contribution < 1.29 is 14.3 Å². The summed E-state index contributed by atoms with van der Waals surface area (Å²) in [5.74, 6) is 1.10. The molecule has 4 heteroatoms. The molecule has 1 aliphatic heterocycles. The zero-order chi connectivity index (χ0) is 13.5. The topological polar surface area (TPSA) is 47.6 Å². The SMILES string of the molecule is CCOC(=O)c1ccc(OC[C@H]2CCCNC2)cc1. The molecule has 0 aromatic heterocycles. The van der Waals surface area contributed by atoms with E-state index >= 15 is 0 Å². The first-order valence-electron chi connectivity index (χ1n) is 6.90. The van der Waals surface area contributed by atoms with Crippen molar-refractivity contribution in [2.24, 2.45) is 5.92 Å². The Morgan fingerprint density at radius 3 is 2.79 bits per heavy atom. The van der Waals surface area contributed by atoms with Crippen LogP contribution in [0.2, 0.25) is 0 Å². The number of hydrogen-bond donors (Lipinski definition) is 1. The maximum absolute atomic E-state index is 11.5. The van der Waals surface area contributed by atoms with Gasteiger partial charge in [0.2, 0.25) is 0 Å². The van der Waals surface area contributed by atoms with Gasteiger partial charge >= 0.3 is 5.97 Å². The molecule has 4 nitrogen and oxygen atoms in total. The summed E-state index contributed by atoms with van der Waals surface area (Å²) in [6.45, 7) is 5.07. The van der Waals surface area contributed by atoms with Gasteiger partial charge < -0.3 is 14.8 Å². The molecule has 0 aliphatic carbocycles. The lowest BCUT2D eigenvalue weighted by atomic mass is 10.0. The first-order valence-corrected chi connectivity index (χ1v) is 6.90. The molecule has 0 amide bonds. The molecule has 0 bridgehead atoms. The number of piperidine rings is 1. The second-order valence-electron chi connectivity index (χ2n) is 4.77. The molecule has 1 atom stereocenters. The minimum atomic E-state index is -0.287. The number of carbonyl (C=O) groups is 1. The molecule has 0 spiro atoms. The number of benzene rings is 1. The molecule has 2 rings (SSSR count). The number of ether oxygens (including phenoxy) is 2. The van der Waals surface area contributed by atoms with E-state index in [4.69, 9.17) is 9.47 Å². The predicted molar refractivity (Wildman–Crippen MR) is 73.5 cm³/mol. The van der Waals surface area contributed by atoms with Crippen LogP contribution >= 0.6 is 0 Å². The minimum absolute atomic E-state index is 0.287. The van der Waals surface area contributed by atoms with Crippen LogP contribution < -0.4 is 10.1 Å². The maximum atomic E-state index is 11.5. The van der Waals surface area contributed by atoms with Crippen LogP contribution in [0.25, 0.3) is 0 Å². The van der Waals surface area contributed by atoms with E-state index in [9.17, 15) is 4.79 Å². The fraction of sp³-hybridized carbons (Fsp3) is 0.533. The largest absolute Gasteiger partial charge is 0.493 e. The summed E-state index contributed by atoms with van der Waals surface area (Å²) < 4.78 is 10.7. The van der Waals surface area contributed by atoms with Gasteiger partial charge in [-0.05, 0) is 50.6 Å². The van der Waals surface area contributed by atoms with Gasteiger partial charge in [0.25, 0.3) is 0 Å². The molecular formula is C15H21NO3. The Hall–Kier alpha value is -1.55. The third-order valence-corrected chi connectivity index (χ3v) is 3.25. The zero-order valence-corrected chi connectivity index (χ0v) is 11.4. The molecule has 1 fully saturated rings. The van der Waals surface area contributed by atoms with Gasteiger partial charge in [-0.25, -0.2) is 4.79 Å². The summed E-state index contributed by atoms with van der Waals surface area (Å²) >= 11 is 0. The normalized spacial score (nSPS) is 18.9. The first-order chi connectivity index (χ1) is 9.29. The van der Waals surface area contributed by atoms with E-state index in [1.165, 1.54) is 12.8 Å². The number of nitrogens with one attached hydrogen (secondary N) is 1. The van der Waals surface area contributed by atoms with Crippen molar-refractivity contribution in [1.29, 1.82) is 0 Å². The number of esters is 1. The summed E-state index contributed by atoms with van der Waals surface area (Å²) in [4.78, 5) is 11.5. The van der Waals surface area contributed by atoms with E-state index in [0.29, 0.717) is 18.1 Å². The average molecular weight is 263 g/mol. The van der Waals surface area contributed by atoms with E-state index in [1.54, 1.807) is 19.1 Å². The highest BCUT2D eigenvalue weighted by Gasteiger charge is 2.13. The van der Waals surface area contributed by atoms with Crippen LogP contribution in [0.15, 0.2) is 24.3 Å². The van der Waals surface area contributed by atoms with Gasteiger partial charge in [-0.2, -0.15) is 0 Å². The van der Waals surface area contributed by atoms with Gasteiger partial charge in [0, 0.05) is 12.5 Å². The third kappa shape index (κ3) is 4.24. The standard InChI is InChI=1S/C15H21NO3/c1-2-18-15(17)13-5-7-14(8-6-13)19-11-12-4-3-9-16-10-12/h5-8,12,16H,2-4,9-11H2,1H3/t12-/m0/s1. The van der Waals surface area contributed by atoms with Gasteiger partial charge in [-0.15, -0.1) is 0 Å². The van der Waals surface area contributed by atoms with Gasteiger partial charge in [0.1, 0.15) is 5.75 Å². The fourth-order valence-electron chi connectivity index (χ4n) is 2.18. The van der Waals surface area contributed by atoms with E-state index in [2.05, 4.69) is 5.32 Å². The highest BCUT2D eigenvalue weighted by atomic mass is 16.5. The summed E-state index contributed by atoms with van der Waals surface area (Å²) in [6.07, 6.45) is 2.43. The second-order valence-corrected chi connectivity index (χ2v) is 4.77. The Morgan fingerprint density at radius 1 is 1.37 bits per heavy atom. The van der Waals surface area contributed by atoms with Gasteiger partial charge in [0.15, 0.2) is 0 Å². The number of carbonyl (C=O) groups excluding carboxylic acids is 1. The van der Waals surface area contributed by atoms with E-state index < -0.39 is 0 Å². The maximum Gasteiger partial charge on any atom is 0.338 e. The molecule has 104 valence electrons. The first kappa shape index (κ1) is 13.9. The van der Waals surface area contributed by atoms with Crippen molar-refractivity contribution in [3.05, 3.63) is 29.8 Å². The van der Waals surface area contributed by atoms with Crippen molar-refractivity contribution >= 4 is 5.97 Å². The van der Waals surface area contributed by atoms with Gasteiger partial charge in [-0.3, -0.25) is 0 Å². The molecule has 1 aliphatic rings. The Bertz CT molecular complexity index is 396. The van der Waals surface area contributed by atoms with Gasteiger partial charge in [0.05, 0.1) is 18.8 Å². The molecule has 1 saturated heterocycles. The van der Waals surface area contributed by atoms with E-state index in [1.807, 2.05) is 12.1 Å². The Balaban J connectivity index is 1.82. The number of rotatable bonds is 5. The lowest BCUT2D eigenvalue weighted by Crippen LogP contribution is -2.33. The van der Waals surface area contributed by atoms with E-state index in [-0.39, 0.29) is 5.97 Å². The quantitative estimate of drug-likeness (QED) is 0.828. The molecule has 19 heavy (non-hydrogen) atoms. The summed E-state index contributed by atoms with van der Waals surface area (Å²) in [5, 5.41) is 3.37. The van der Waals surface area contributed by atoms with Crippen LogP contribution in [-0.2, 0) is 4.74 Å². The second kappa shape index (κ2) is 7.14. The zero-order valence-electron chi connectivity index (χ0n) is 11.4. The molecular weight excluding hydrogens is 242 g/mol. The van der Waals surface area contributed by atoms with Crippen LogP contribution in [-0.4, -0.2) is 32.3 Å². The predicted octanol–water partition coefficient (Wildman–Crippen LogP) is 2.24. The molecule has 1 N–H and O–H groups in total. The molecule has 1 aromatic rings. The summed E-state index contributed by atoms with van der Waals surface area (Å²) in [5.41, 5.74) is 0.563. The molecule has 1 aromatic carbocycles. The average Bonchev–Trinajstić information content (AvgIpc) is 2.47. The van der Waals surface area contributed by atoms with Crippen molar-refractivity contribution in [2.45, 2.75) is 19.8 Å². The lowest BCUT2D eigenvalue weighted by Gasteiger charge is -2.22. The Labute approximate surface area is 114 Å². The monoisotopic (exact) mass is 263 g/mol. The smallest absolute Gasteiger partial charge is 0.338 e. The molecule has 1 heterocycles. The summed E-state index contributed by atoms with van der Waals surface area (Å²) in [6, 6.07) is 7.13. The number of hydrogen-bond acceptors (Lipinski definition) is 4. The van der Waals surface area contributed by atoms with Crippen LogP contribution in [0.3, 0.4) is 0 Å². The van der Waals surface area contributed by atoms with E-state index in [0.717, 1.165) is 25.4 Å². The van der Waals surface area contributed by atoms with Crippen molar-refractivity contribution in [2.75, 3.05) is 26.3 Å². The molecule has 0 saturated carbocycles. The highest BCUT2D eigenvalue weighted by molar-refractivity contribution is 5.89. The molecule has 0 radical (unpaired) electrons. The fourth-order valence-corrected chi connectivity index (χ4v) is 2.18. The van der Waals surface area contributed by atoms with Gasteiger partial charge in [-0.1, -0.05) is 0 Å². The van der Waals surface area contributed by atoms with Crippen molar-refractivity contribution in [1.82, 2.24) is 5.32 Å². The highest BCUT2D eigenvalue weighted by Crippen LogP contribution is 2.16. The van der Waals surface area contributed by atoms with Crippen LogP contribution in [0.4, 0.5) is 0 Å². The van der Waals surface area contributed by atoms with Crippen molar-refractivity contribution in [3.63, 3.8) is 0 Å². The summed E-state index contributed by atoms with van der Waals surface area (Å²) in [7, 11) is 0. The lowest BCUT2D eigenvalue weighted by molar-refractivity contribution is 0.0526. The van der Waals surface area contributed by atoms with Crippen LogP contribution in [0.5, 0.6) is 5.75 Å². The van der Waals surface area contributed by atoms with Crippen molar-refractivity contribution in [3.8, 4) is 5.75 Å². The Morgan fingerprint density at radius 2 is 2.16 bits per heavy atom. The van der Waals surface area contributed by atoms with Crippen LogP contribution in [0.1, 0.15) is 30.1 Å². The molecule has 0 unspecified atom stereocenters. The third-order valence-electron chi connectivity index (χ3n) is 3.25. The van der Waals surface area contributed by atoms with Crippen LogP contribution in [0, 0.1) is 5.92 Å². The minimum Gasteiger partial charge on any atom is -0.493 e. The Kier molecular flexibility index (Phi) is 5.21.